The minimum Gasteiger partial charge on any atom is -0.490 e. The van der Waals surface area contributed by atoms with Crippen molar-refractivity contribution in [2.75, 3.05) is 37.0 Å². The molecule has 7 heteroatoms. The van der Waals surface area contributed by atoms with E-state index in [1.807, 2.05) is 49.5 Å². The van der Waals surface area contributed by atoms with Crippen molar-refractivity contribution in [2.45, 2.75) is 37.8 Å². The predicted octanol–water partition coefficient (Wildman–Crippen LogP) is 3.93. The van der Waals surface area contributed by atoms with Crippen molar-refractivity contribution >= 4 is 28.9 Å². The van der Waals surface area contributed by atoms with Gasteiger partial charge in [0, 0.05) is 56.0 Å². The van der Waals surface area contributed by atoms with Gasteiger partial charge in [0.1, 0.15) is 5.75 Å². The van der Waals surface area contributed by atoms with E-state index >= 15 is 0 Å². The number of amides is 1. The smallest absolute Gasteiger partial charge is 0.251 e. The van der Waals surface area contributed by atoms with Gasteiger partial charge in [0.15, 0.2) is 0 Å². The van der Waals surface area contributed by atoms with Gasteiger partial charge in [-0.3, -0.25) is 4.79 Å². The molecular weight excluding hydrogens is 414 g/mol. The van der Waals surface area contributed by atoms with Crippen molar-refractivity contribution < 1.29 is 14.6 Å². The number of carbonyl (C=O) groups is 1. The number of benzene rings is 2. The Morgan fingerprint density at radius 1 is 1.13 bits per heavy atom. The van der Waals surface area contributed by atoms with Gasteiger partial charge in [-0.2, -0.15) is 0 Å². The van der Waals surface area contributed by atoms with Crippen molar-refractivity contribution in [3.8, 4) is 5.75 Å². The largest absolute Gasteiger partial charge is 0.490 e. The lowest BCUT2D eigenvalue weighted by molar-refractivity contribution is 0.0894. The summed E-state index contributed by atoms with van der Waals surface area (Å²) in [6.07, 6.45) is 3.73. The molecule has 1 saturated carbocycles. The Hall–Kier alpha value is -2.44. The Labute approximate surface area is 188 Å². The molecule has 0 unspecified atom stereocenters. The van der Waals surface area contributed by atoms with E-state index in [1.165, 1.54) is 0 Å². The van der Waals surface area contributed by atoms with Crippen LogP contribution < -0.4 is 20.3 Å². The third kappa shape index (κ3) is 5.25. The van der Waals surface area contributed by atoms with Crippen LogP contribution in [0.4, 0.5) is 11.4 Å². The van der Waals surface area contributed by atoms with Crippen LogP contribution in [0.5, 0.6) is 5.75 Å². The molecule has 1 heterocycles. The first-order chi connectivity index (χ1) is 15.1. The number of rotatable bonds is 7. The van der Waals surface area contributed by atoms with Crippen LogP contribution in [0.2, 0.25) is 5.02 Å². The fourth-order valence-electron chi connectivity index (χ4n) is 4.28. The average Bonchev–Trinajstić information content (AvgIpc) is 2.75. The first kappa shape index (κ1) is 21.8. The third-order valence-electron chi connectivity index (χ3n) is 6.23. The van der Waals surface area contributed by atoms with Crippen LogP contribution in [0.1, 0.15) is 36.0 Å². The summed E-state index contributed by atoms with van der Waals surface area (Å²) >= 11 is 6.23. The number of carbonyl (C=O) groups excluding carboxylic acids is 1. The predicted molar refractivity (Wildman–Crippen MR) is 124 cm³/mol. The molecule has 1 aliphatic heterocycles. The maximum absolute atomic E-state index is 12.6. The standard InChI is InChI=1S/C24H30ClN3O3/c1-26-23-11-10-21(12-22(23)25)31-20-8-4-18(5-9-20)27-24(30)17-2-6-19(7-3-17)28-13-16(14-28)15-29/h2-3,6-7,10-12,16,18,20,26,29H,4-5,8-9,13-15H2,1H3,(H,27,30)/t18-,20-. The molecule has 0 bridgehead atoms. The van der Waals surface area contributed by atoms with E-state index in [1.54, 1.807) is 0 Å². The number of ether oxygens (including phenoxy) is 1. The van der Waals surface area contributed by atoms with Crippen molar-refractivity contribution in [3.63, 3.8) is 0 Å². The highest BCUT2D eigenvalue weighted by molar-refractivity contribution is 6.33. The highest BCUT2D eigenvalue weighted by Crippen LogP contribution is 2.30. The summed E-state index contributed by atoms with van der Waals surface area (Å²) in [5.74, 6) is 1.12. The van der Waals surface area contributed by atoms with E-state index in [9.17, 15) is 4.79 Å². The molecule has 0 atom stereocenters. The Balaban J connectivity index is 1.23. The second-order valence-electron chi connectivity index (χ2n) is 8.46. The summed E-state index contributed by atoms with van der Waals surface area (Å²) < 4.78 is 6.10. The monoisotopic (exact) mass is 443 g/mol. The first-order valence-corrected chi connectivity index (χ1v) is 11.3. The van der Waals surface area contributed by atoms with E-state index in [0.29, 0.717) is 16.5 Å². The van der Waals surface area contributed by atoms with Gasteiger partial charge in [-0.05, 0) is 62.1 Å². The maximum Gasteiger partial charge on any atom is 0.251 e. The highest BCUT2D eigenvalue weighted by atomic mass is 35.5. The number of anilines is 2. The lowest BCUT2D eigenvalue weighted by Crippen LogP contribution is -2.48. The van der Waals surface area contributed by atoms with Crippen LogP contribution in [0, 0.1) is 5.92 Å². The molecule has 1 amide bonds. The summed E-state index contributed by atoms with van der Waals surface area (Å²) in [7, 11) is 1.84. The van der Waals surface area contributed by atoms with Crippen LogP contribution >= 0.6 is 11.6 Å². The molecule has 3 N–H and O–H groups in total. The zero-order valence-electron chi connectivity index (χ0n) is 17.8. The number of nitrogens with one attached hydrogen (secondary N) is 2. The van der Waals surface area contributed by atoms with E-state index in [-0.39, 0.29) is 24.7 Å². The molecule has 2 fully saturated rings. The molecule has 2 aromatic carbocycles. The first-order valence-electron chi connectivity index (χ1n) is 11.0. The Kier molecular flexibility index (Phi) is 6.88. The van der Waals surface area contributed by atoms with Gasteiger partial charge in [0.25, 0.3) is 5.91 Å². The van der Waals surface area contributed by atoms with E-state index in [4.69, 9.17) is 21.4 Å². The Bertz CT molecular complexity index is 891. The average molecular weight is 444 g/mol. The molecule has 166 valence electrons. The van der Waals surface area contributed by atoms with Crippen LogP contribution in [0.3, 0.4) is 0 Å². The summed E-state index contributed by atoms with van der Waals surface area (Å²) in [5.41, 5.74) is 2.66. The number of halogens is 1. The number of aliphatic hydroxyl groups excluding tert-OH is 1. The van der Waals surface area contributed by atoms with Crippen molar-refractivity contribution in [1.82, 2.24) is 5.32 Å². The second kappa shape index (κ2) is 9.79. The number of aliphatic hydroxyl groups is 1. The summed E-state index contributed by atoms with van der Waals surface area (Å²) in [4.78, 5) is 14.8. The highest BCUT2D eigenvalue weighted by Gasteiger charge is 2.27. The van der Waals surface area contributed by atoms with Crippen LogP contribution in [-0.2, 0) is 0 Å². The summed E-state index contributed by atoms with van der Waals surface area (Å²) in [6, 6.07) is 13.6. The minimum atomic E-state index is -0.0257. The van der Waals surface area contributed by atoms with Gasteiger partial charge in [-0.15, -0.1) is 0 Å². The molecule has 6 nitrogen and oxygen atoms in total. The molecule has 2 aromatic rings. The van der Waals surface area contributed by atoms with Gasteiger partial charge in [0.2, 0.25) is 0 Å². The van der Waals surface area contributed by atoms with Gasteiger partial charge >= 0.3 is 0 Å². The van der Waals surface area contributed by atoms with Crippen molar-refractivity contribution in [3.05, 3.63) is 53.1 Å². The molecule has 1 aliphatic carbocycles. The third-order valence-corrected chi connectivity index (χ3v) is 6.54. The molecule has 0 spiro atoms. The Morgan fingerprint density at radius 2 is 1.84 bits per heavy atom. The lowest BCUT2D eigenvalue weighted by Gasteiger charge is -2.40. The molecule has 4 rings (SSSR count). The fourth-order valence-corrected chi connectivity index (χ4v) is 4.54. The van der Waals surface area contributed by atoms with Gasteiger partial charge in [0.05, 0.1) is 16.8 Å². The van der Waals surface area contributed by atoms with Gasteiger partial charge in [-0.1, -0.05) is 11.6 Å². The van der Waals surface area contributed by atoms with Gasteiger partial charge in [-0.25, -0.2) is 0 Å². The molecule has 31 heavy (non-hydrogen) atoms. The number of hydrogen-bond acceptors (Lipinski definition) is 5. The summed E-state index contributed by atoms with van der Waals surface area (Å²) in [6.45, 7) is 1.99. The van der Waals surface area contributed by atoms with Crippen LogP contribution in [-0.4, -0.2) is 49.9 Å². The number of hydrogen-bond donors (Lipinski definition) is 3. The lowest BCUT2D eigenvalue weighted by atomic mass is 9.92. The number of nitrogens with zero attached hydrogens (tertiary/aromatic N) is 1. The topological polar surface area (TPSA) is 73.8 Å². The maximum atomic E-state index is 12.6. The molecule has 0 aromatic heterocycles. The Morgan fingerprint density at radius 3 is 2.45 bits per heavy atom. The zero-order valence-corrected chi connectivity index (χ0v) is 18.6. The quantitative estimate of drug-likeness (QED) is 0.604. The SMILES string of the molecule is CNc1ccc(O[C@H]2CC[C@H](NC(=O)c3ccc(N4CC(CO)C4)cc3)CC2)cc1Cl. The molecular formula is C24H30ClN3O3. The normalized spacial score (nSPS) is 21.3. The second-order valence-corrected chi connectivity index (χ2v) is 8.86. The molecule has 1 saturated heterocycles. The minimum absolute atomic E-state index is 0.0257. The van der Waals surface area contributed by atoms with Crippen molar-refractivity contribution in [1.29, 1.82) is 0 Å². The molecule has 0 radical (unpaired) electrons. The van der Waals surface area contributed by atoms with E-state index < -0.39 is 0 Å². The van der Waals surface area contributed by atoms with E-state index in [0.717, 1.165) is 55.9 Å². The van der Waals surface area contributed by atoms with E-state index in [2.05, 4.69) is 15.5 Å². The molecule has 2 aliphatic rings. The van der Waals surface area contributed by atoms with Gasteiger partial charge < -0.3 is 25.4 Å². The van der Waals surface area contributed by atoms with Crippen LogP contribution in [0.25, 0.3) is 0 Å². The summed E-state index contributed by atoms with van der Waals surface area (Å²) in [5, 5.41) is 16.0. The fraction of sp³-hybridized carbons (Fsp3) is 0.458. The zero-order chi connectivity index (χ0) is 21.8. The van der Waals surface area contributed by atoms with Crippen LogP contribution in [0.15, 0.2) is 42.5 Å². The van der Waals surface area contributed by atoms with Crippen molar-refractivity contribution in [2.24, 2.45) is 5.92 Å².